The molecule has 0 radical (unpaired) electrons. The molecule has 1 fully saturated rings. The highest BCUT2D eigenvalue weighted by Crippen LogP contribution is 2.38. The summed E-state index contributed by atoms with van der Waals surface area (Å²) in [5.41, 5.74) is 1.31. The van der Waals surface area contributed by atoms with Crippen LogP contribution in [0.15, 0.2) is 47.9 Å². The van der Waals surface area contributed by atoms with Gasteiger partial charge in [-0.05, 0) is 30.9 Å². The number of hydrogen-bond acceptors (Lipinski definition) is 3. The Morgan fingerprint density at radius 3 is 3.05 bits per heavy atom. The van der Waals surface area contributed by atoms with Crippen LogP contribution in [0.5, 0.6) is 0 Å². The number of amides is 1. The highest BCUT2D eigenvalue weighted by Gasteiger charge is 2.33. The number of hydrogen-bond donors (Lipinski definition) is 0. The van der Waals surface area contributed by atoms with Crippen LogP contribution in [0.25, 0.3) is 0 Å². The molecule has 4 nitrogen and oxygen atoms in total. The van der Waals surface area contributed by atoms with Gasteiger partial charge in [-0.25, -0.2) is 4.98 Å². The summed E-state index contributed by atoms with van der Waals surface area (Å²) >= 11 is 1.73. The van der Waals surface area contributed by atoms with Gasteiger partial charge in [0.05, 0.1) is 17.6 Å². The standard InChI is InChI=1S/C17H19N3OS/c21-17(16-10-13-4-1-2-6-15(13)22-16)19-8-3-5-14(11-19)20-9-7-18-12-20/h1-2,4,6-7,9,12,14,16H,3,5,8,10-11H2/t14-,16-/m1/s1. The van der Waals surface area contributed by atoms with E-state index in [1.807, 2.05) is 18.7 Å². The molecule has 0 spiro atoms. The highest BCUT2D eigenvalue weighted by atomic mass is 32.2. The maximum atomic E-state index is 12.9. The van der Waals surface area contributed by atoms with E-state index >= 15 is 0 Å². The third kappa shape index (κ3) is 2.54. The zero-order valence-corrected chi connectivity index (χ0v) is 13.2. The van der Waals surface area contributed by atoms with E-state index in [9.17, 15) is 4.79 Å². The van der Waals surface area contributed by atoms with E-state index in [4.69, 9.17) is 0 Å². The minimum Gasteiger partial charge on any atom is -0.340 e. The molecule has 0 N–H and O–H groups in total. The first kappa shape index (κ1) is 13.9. The van der Waals surface area contributed by atoms with E-state index in [1.165, 1.54) is 10.5 Å². The van der Waals surface area contributed by atoms with Gasteiger partial charge in [0.2, 0.25) is 5.91 Å². The molecule has 1 aromatic heterocycles. The van der Waals surface area contributed by atoms with Crippen molar-refractivity contribution in [2.75, 3.05) is 13.1 Å². The van der Waals surface area contributed by atoms with Gasteiger partial charge in [-0.15, -0.1) is 11.8 Å². The number of aromatic nitrogens is 2. The smallest absolute Gasteiger partial charge is 0.236 e. The lowest BCUT2D eigenvalue weighted by Crippen LogP contribution is -2.44. The molecule has 3 heterocycles. The number of carbonyl (C=O) groups excluding carboxylic acids is 1. The maximum absolute atomic E-state index is 12.9. The number of thioether (sulfide) groups is 1. The summed E-state index contributed by atoms with van der Waals surface area (Å²) in [7, 11) is 0. The van der Waals surface area contributed by atoms with Crippen LogP contribution in [-0.2, 0) is 11.2 Å². The Balaban J connectivity index is 1.45. The van der Waals surface area contributed by atoms with E-state index < -0.39 is 0 Å². The second-order valence-electron chi connectivity index (χ2n) is 6.01. The Kier molecular flexibility index (Phi) is 3.66. The normalized spacial score (nSPS) is 24.3. The molecule has 0 bridgehead atoms. The molecule has 1 saturated heterocycles. The van der Waals surface area contributed by atoms with Crippen molar-refractivity contribution in [3.05, 3.63) is 48.5 Å². The topological polar surface area (TPSA) is 38.1 Å². The second kappa shape index (κ2) is 5.80. The zero-order valence-electron chi connectivity index (χ0n) is 12.4. The molecule has 2 aromatic rings. The Bertz CT molecular complexity index is 645. The molecule has 5 heteroatoms. The highest BCUT2D eigenvalue weighted by molar-refractivity contribution is 8.01. The average Bonchev–Trinajstić information content (AvgIpc) is 3.23. The number of carbonyl (C=O) groups is 1. The monoisotopic (exact) mass is 313 g/mol. The van der Waals surface area contributed by atoms with E-state index in [0.29, 0.717) is 11.9 Å². The van der Waals surface area contributed by atoms with E-state index in [1.54, 1.807) is 11.8 Å². The lowest BCUT2D eigenvalue weighted by molar-refractivity contribution is -0.132. The zero-order chi connectivity index (χ0) is 14.9. The minimum absolute atomic E-state index is 0.0546. The third-order valence-corrected chi connectivity index (χ3v) is 5.88. The van der Waals surface area contributed by atoms with Crippen molar-refractivity contribution < 1.29 is 4.79 Å². The molecule has 2 atom stereocenters. The number of benzene rings is 1. The first-order chi connectivity index (χ1) is 10.8. The largest absolute Gasteiger partial charge is 0.340 e. The summed E-state index contributed by atoms with van der Waals surface area (Å²) in [6.07, 6.45) is 8.73. The molecule has 4 rings (SSSR count). The fourth-order valence-electron chi connectivity index (χ4n) is 3.41. The van der Waals surface area contributed by atoms with Gasteiger partial charge in [0, 0.05) is 30.4 Å². The summed E-state index contributed by atoms with van der Waals surface area (Å²) in [4.78, 5) is 20.3. The number of piperidine rings is 1. The molecular formula is C17H19N3OS. The summed E-state index contributed by atoms with van der Waals surface area (Å²) < 4.78 is 2.13. The van der Waals surface area contributed by atoms with E-state index in [-0.39, 0.29) is 5.25 Å². The van der Waals surface area contributed by atoms with Crippen molar-refractivity contribution in [1.82, 2.24) is 14.5 Å². The van der Waals surface area contributed by atoms with Crippen LogP contribution >= 0.6 is 11.8 Å². The lowest BCUT2D eigenvalue weighted by atomic mass is 10.0. The average molecular weight is 313 g/mol. The Morgan fingerprint density at radius 1 is 1.32 bits per heavy atom. The summed E-state index contributed by atoms with van der Waals surface area (Å²) in [5, 5.41) is 0.0546. The summed E-state index contributed by atoms with van der Waals surface area (Å²) in [6, 6.07) is 8.74. The van der Waals surface area contributed by atoms with Gasteiger partial charge in [-0.3, -0.25) is 4.79 Å². The second-order valence-corrected chi connectivity index (χ2v) is 7.25. The van der Waals surface area contributed by atoms with Crippen molar-refractivity contribution in [3.8, 4) is 0 Å². The number of nitrogens with zero attached hydrogens (tertiary/aromatic N) is 3. The number of imidazole rings is 1. The van der Waals surface area contributed by atoms with Crippen molar-refractivity contribution in [2.24, 2.45) is 0 Å². The third-order valence-electron chi connectivity index (χ3n) is 4.58. The molecule has 114 valence electrons. The van der Waals surface area contributed by atoms with Crippen LogP contribution in [0, 0.1) is 0 Å². The minimum atomic E-state index is 0.0546. The molecule has 1 aromatic carbocycles. The van der Waals surface area contributed by atoms with Gasteiger partial charge >= 0.3 is 0 Å². The molecule has 2 aliphatic rings. The van der Waals surface area contributed by atoms with Crippen LogP contribution < -0.4 is 0 Å². The fourth-order valence-corrected chi connectivity index (χ4v) is 4.69. The van der Waals surface area contributed by atoms with Gasteiger partial charge in [0.1, 0.15) is 0 Å². The Hall–Kier alpha value is -1.75. The SMILES string of the molecule is O=C([C@H]1Cc2ccccc2S1)N1CCC[C@@H](n2ccnc2)C1. The quantitative estimate of drug-likeness (QED) is 0.855. The summed E-state index contributed by atoms with van der Waals surface area (Å²) in [6.45, 7) is 1.69. The molecule has 1 amide bonds. The van der Waals surface area contributed by atoms with Crippen LogP contribution in [0.1, 0.15) is 24.4 Å². The Morgan fingerprint density at radius 2 is 2.23 bits per heavy atom. The van der Waals surface area contributed by atoms with E-state index in [0.717, 1.165) is 32.4 Å². The van der Waals surface area contributed by atoms with Crippen LogP contribution in [0.2, 0.25) is 0 Å². The number of fused-ring (bicyclic) bond motifs is 1. The molecular weight excluding hydrogens is 294 g/mol. The maximum Gasteiger partial charge on any atom is 0.236 e. The number of rotatable bonds is 2. The van der Waals surface area contributed by atoms with Crippen molar-refractivity contribution in [3.63, 3.8) is 0 Å². The molecule has 0 saturated carbocycles. The van der Waals surface area contributed by atoms with Gasteiger partial charge in [0.15, 0.2) is 0 Å². The van der Waals surface area contributed by atoms with Gasteiger partial charge < -0.3 is 9.47 Å². The molecule has 0 aliphatic carbocycles. The van der Waals surface area contributed by atoms with Crippen LogP contribution in [0.4, 0.5) is 0 Å². The van der Waals surface area contributed by atoms with Gasteiger partial charge in [-0.2, -0.15) is 0 Å². The number of likely N-dealkylation sites (tertiary alicyclic amines) is 1. The predicted molar refractivity (Wildman–Crippen MR) is 86.9 cm³/mol. The molecule has 0 unspecified atom stereocenters. The Labute approximate surface area is 134 Å². The van der Waals surface area contributed by atoms with E-state index in [2.05, 4.69) is 38.7 Å². The van der Waals surface area contributed by atoms with Crippen molar-refractivity contribution in [1.29, 1.82) is 0 Å². The lowest BCUT2D eigenvalue weighted by Gasteiger charge is -2.34. The first-order valence-electron chi connectivity index (χ1n) is 7.82. The van der Waals surface area contributed by atoms with Crippen LogP contribution in [0.3, 0.4) is 0 Å². The van der Waals surface area contributed by atoms with Crippen molar-refractivity contribution >= 4 is 17.7 Å². The first-order valence-corrected chi connectivity index (χ1v) is 8.70. The van der Waals surface area contributed by atoms with Gasteiger partial charge in [0.25, 0.3) is 0 Å². The van der Waals surface area contributed by atoms with Crippen LogP contribution in [-0.4, -0.2) is 38.7 Å². The fraction of sp³-hybridized carbons (Fsp3) is 0.412. The summed E-state index contributed by atoms with van der Waals surface area (Å²) in [5.74, 6) is 0.297. The molecule has 2 aliphatic heterocycles. The van der Waals surface area contributed by atoms with Gasteiger partial charge in [-0.1, -0.05) is 18.2 Å². The predicted octanol–water partition coefficient (Wildman–Crippen LogP) is 2.76. The van der Waals surface area contributed by atoms with Crippen molar-refractivity contribution in [2.45, 2.75) is 35.4 Å². The molecule has 22 heavy (non-hydrogen) atoms.